The van der Waals surface area contributed by atoms with Gasteiger partial charge in [0.25, 0.3) is 0 Å². The number of hydrogen-bond donors (Lipinski definition) is 2. The van der Waals surface area contributed by atoms with Gasteiger partial charge in [-0.15, -0.1) is 0 Å². The van der Waals surface area contributed by atoms with E-state index in [0.29, 0.717) is 19.6 Å². The van der Waals surface area contributed by atoms with E-state index in [9.17, 15) is 9.59 Å². The van der Waals surface area contributed by atoms with E-state index in [1.807, 2.05) is 31.2 Å². The Balaban J connectivity index is 2.07. The molecule has 102 valence electrons. The van der Waals surface area contributed by atoms with E-state index in [0.717, 1.165) is 11.1 Å². The van der Waals surface area contributed by atoms with Gasteiger partial charge in [-0.25, -0.2) is 4.79 Å². The molecule has 1 fully saturated rings. The van der Waals surface area contributed by atoms with Crippen molar-refractivity contribution in [3.8, 4) is 0 Å². The van der Waals surface area contributed by atoms with Crippen molar-refractivity contribution in [3.63, 3.8) is 0 Å². The number of carbonyl (C=O) groups is 2. The number of carboxylic acids is 1. The lowest BCUT2D eigenvalue weighted by Gasteiger charge is -2.33. The van der Waals surface area contributed by atoms with Crippen molar-refractivity contribution in [2.75, 3.05) is 19.6 Å². The van der Waals surface area contributed by atoms with Crippen LogP contribution in [0.1, 0.15) is 11.1 Å². The number of aliphatic carboxylic acids is 1. The highest BCUT2D eigenvalue weighted by atomic mass is 16.4. The predicted molar refractivity (Wildman–Crippen MR) is 70.9 cm³/mol. The number of carboxylic acid groups (broad SMARTS) is 1. The van der Waals surface area contributed by atoms with Gasteiger partial charge < -0.3 is 15.3 Å². The molecule has 0 aliphatic carbocycles. The fourth-order valence-electron chi connectivity index (χ4n) is 2.32. The summed E-state index contributed by atoms with van der Waals surface area (Å²) in [4.78, 5) is 24.8. The lowest BCUT2D eigenvalue weighted by Crippen LogP contribution is -2.57. The van der Waals surface area contributed by atoms with Crippen LogP contribution < -0.4 is 5.32 Å². The Morgan fingerprint density at radius 1 is 1.47 bits per heavy atom. The molecule has 1 unspecified atom stereocenters. The number of nitrogens with zero attached hydrogens (tertiary/aromatic N) is 1. The topological polar surface area (TPSA) is 69.6 Å². The number of amides is 1. The number of carbonyl (C=O) groups excluding carboxylic acids is 1. The maximum absolute atomic E-state index is 12.2. The highest BCUT2D eigenvalue weighted by Crippen LogP contribution is 2.10. The molecule has 1 atom stereocenters. The first kappa shape index (κ1) is 13.5. The molecular formula is C14H18N2O3. The minimum atomic E-state index is -0.954. The second kappa shape index (κ2) is 5.84. The van der Waals surface area contributed by atoms with Crippen molar-refractivity contribution in [1.29, 1.82) is 0 Å². The van der Waals surface area contributed by atoms with E-state index in [4.69, 9.17) is 5.11 Å². The largest absolute Gasteiger partial charge is 0.480 e. The number of nitrogens with one attached hydrogen (secondary N) is 1. The van der Waals surface area contributed by atoms with Crippen LogP contribution in [0.15, 0.2) is 24.3 Å². The van der Waals surface area contributed by atoms with E-state index in [2.05, 4.69) is 5.32 Å². The SMILES string of the molecule is Cc1cccc(CC(=O)N2CCNCC2C(=O)O)c1. The van der Waals surface area contributed by atoms with Crippen LogP contribution in [0, 0.1) is 6.92 Å². The van der Waals surface area contributed by atoms with Crippen LogP contribution in [0.3, 0.4) is 0 Å². The Bertz CT molecular complexity index is 487. The molecule has 5 heteroatoms. The Labute approximate surface area is 112 Å². The lowest BCUT2D eigenvalue weighted by molar-refractivity contribution is -0.150. The van der Waals surface area contributed by atoms with Crippen LogP contribution in [-0.4, -0.2) is 47.6 Å². The van der Waals surface area contributed by atoms with E-state index >= 15 is 0 Å². The zero-order chi connectivity index (χ0) is 13.8. The van der Waals surface area contributed by atoms with E-state index in [-0.39, 0.29) is 12.3 Å². The summed E-state index contributed by atoms with van der Waals surface area (Å²) in [6, 6.07) is 6.97. The molecule has 0 bridgehead atoms. The van der Waals surface area contributed by atoms with Crippen molar-refractivity contribution >= 4 is 11.9 Å². The summed E-state index contributed by atoms with van der Waals surface area (Å²) in [5.41, 5.74) is 2.02. The summed E-state index contributed by atoms with van der Waals surface area (Å²) in [5.74, 6) is -1.08. The van der Waals surface area contributed by atoms with Crippen LogP contribution in [0.4, 0.5) is 0 Å². The minimum absolute atomic E-state index is 0.125. The molecule has 1 heterocycles. The first-order chi connectivity index (χ1) is 9.08. The van der Waals surface area contributed by atoms with Gasteiger partial charge in [0.1, 0.15) is 6.04 Å². The molecule has 1 saturated heterocycles. The molecular weight excluding hydrogens is 244 g/mol. The van der Waals surface area contributed by atoms with Crippen molar-refractivity contribution in [2.45, 2.75) is 19.4 Å². The maximum atomic E-state index is 12.2. The van der Waals surface area contributed by atoms with Gasteiger partial charge in [-0.05, 0) is 12.5 Å². The van der Waals surface area contributed by atoms with Gasteiger partial charge >= 0.3 is 5.97 Å². The Morgan fingerprint density at radius 2 is 2.26 bits per heavy atom. The van der Waals surface area contributed by atoms with Gasteiger partial charge in [-0.3, -0.25) is 4.79 Å². The molecule has 2 N–H and O–H groups in total. The van der Waals surface area contributed by atoms with Crippen LogP contribution in [-0.2, 0) is 16.0 Å². The fourth-order valence-corrected chi connectivity index (χ4v) is 2.32. The predicted octanol–water partition coefficient (Wildman–Crippen LogP) is 0.423. The van der Waals surface area contributed by atoms with Gasteiger partial charge in [0.05, 0.1) is 6.42 Å². The first-order valence-corrected chi connectivity index (χ1v) is 6.36. The van der Waals surface area contributed by atoms with Gasteiger partial charge in [-0.1, -0.05) is 29.8 Å². The van der Waals surface area contributed by atoms with E-state index < -0.39 is 12.0 Å². The standard InChI is InChI=1S/C14H18N2O3/c1-10-3-2-4-11(7-10)8-13(17)16-6-5-15-9-12(16)14(18)19/h2-4,7,12,15H,5-6,8-9H2,1H3,(H,18,19). The Morgan fingerprint density at radius 3 is 2.95 bits per heavy atom. The molecule has 1 aliphatic heterocycles. The molecule has 1 amide bonds. The molecule has 0 aromatic heterocycles. The van der Waals surface area contributed by atoms with Gasteiger partial charge in [0, 0.05) is 19.6 Å². The van der Waals surface area contributed by atoms with Crippen molar-refractivity contribution in [2.24, 2.45) is 0 Å². The molecule has 2 rings (SSSR count). The zero-order valence-electron chi connectivity index (χ0n) is 10.9. The number of piperazine rings is 1. The zero-order valence-corrected chi connectivity index (χ0v) is 10.9. The molecule has 0 spiro atoms. The van der Waals surface area contributed by atoms with Crippen molar-refractivity contribution in [3.05, 3.63) is 35.4 Å². The minimum Gasteiger partial charge on any atom is -0.480 e. The van der Waals surface area contributed by atoms with Crippen LogP contribution in [0.2, 0.25) is 0 Å². The van der Waals surface area contributed by atoms with E-state index in [1.165, 1.54) is 4.90 Å². The van der Waals surface area contributed by atoms with Crippen LogP contribution in [0.25, 0.3) is 0 Å². The lowest BCUT2D eigenvalue weighted by atomic mass is 10.1. The van der Waals surface area contributed by atoms with Crippen LogP contribution >= 0.6 is 0 Å². The number of hydrogen-bond acceptors (Lipinski definition) is 3. The second-order valence-corrected chi connectivity index (χ2v) is 4.81. The highest BCUT2D eigenvalue weighted by molar-refractivity contribution is 5.85. The maximum Gasteiger partial charge on any atom is 0.327 e. The average molecular weight is 262 g/mol. The molecule has 5 nitrogen and oxygen atoms in total. The first-order valence-electron chi connectivity index (χ1n) is 6.36. The molecule has 1 aliphatic rings. The number of rotatable bonds is 3. The quantitative estimate of drug-likeness (QED) is 0.828. The number of benzene rings is 1. The summed E-state index contributed by atoms with van der Waals surface area (Å²) in [7, 11) is 0. The van der Waals surface area contributed by atoms with Gasteiger partial charge in [-0.2, -0.15) is 0 Å². The van der Waals surface area contributed by atoms with Crippen molar-refractivity contribution in [1.82, 2.24) is 10.2 Å². The van der Waals surface area contributed by atoms with E-state index in [1.54, 1.807) is 0 Å². The summed E-state index contributed by atoms with van der Waals surface area (Å²) < 4.78 is 0. The van der Waals surface area contributed by atoms with Crippen LogP contribution in [0.5, 0.6) is 0 Å². The summed E-state index contributed by atoms with van der Waals surface area (Å²) in [6.45, 7) is 3.37. The summed E-state index contributed by atoms with van der Waals surface area (Å²) >= 11 is 0. The summed E-state index contributed by atoms with van der Waals surface area (Å²) in [5, 5.41) is 12.1. The molecule has 1 aromatic carbocycles. The van der Waals surface area contributed by atoms with Gasteiger partial charge in [0.2, 0.25) is 5.91 Å². The van der Waals surface area contributed by atoms with Gasteiger partial charge in [0.15, 0.2) is 0 Å². The third-order valence-corrected chi connectivity index (χ3v) is 3.29. The normalized spacial score (nSPS) is 19.2. The highest BCUT2D eigenvalue weighted by Gasteiger charge is 2.31. The third-order valence-electron chi connectivity index (χ3n) is 3.29. The Hall–Kier alpha value is -1.88. The molecule has 0 saturated carbocycles. The average Bonchev–Trinajstić information content (AvgIpc) is 2.38. The van der Waals surface area contributed by atoms with Crippen molar-refractivity contribution < 1.29 is 14.7 Å². The smallest absolute Gasteiger partial charge is 0.327 e. The molecule has 1 aromatic rings. The molecule has 19 heavy (non-hydrogen) atoms. The fraction of sp³-hybridized carbons (Fsp3) is 0.429. The number of aryl methyl sites for hydroxylation is 1. The third kappa shape index (κ3) is 3.32. The summed E-state index contributed by atoms with van der Waals surface area (Å²) in [6.07, 6.45) is 0.255. The Kier molecular flexibility index (Phi) is 4.16. The second-order valence-electron chi connectivity index (χ2n) is 4.81. The monoisotopic (exact) mass is 262 g/mol. The molecule has 0 radical (unpaired) electrons.